The van der Waals surface area contributed by atoms with Gasteiger partial charge in [0.1, 0.15) is 0 Å². The van der Waals surface area contributed by atoms with E-state index >= 15 is 0 Å². The van der Waals surface area contributed by atoms with E-state index in [1.54, 1.807) is 30.3 Å². The summed E-state index contributed by atoms with van der Waals surface area (Å²) in [6, 6.07) is 17.8. The van der Waals surface area contributed by atoms with Crippen molar-refractivity contribution < 1.29 is 13.2 Å². The maximum absolute atomic E-state index is 12.8. The SMILES string of the molecule is CCc1cccc(NC(=O)C2CCN(c3ccc(S(=O)(=O)c4ccc(C)cc4)nn3)CC2)c1. The van der Waals surface area contributed by atoms with Crippen LogP contribution in [0.25, 0.3) is 0 Å². The van der Waals surface area contributed by atoms with E-state index in [9.17, 15) is 13.2 Å². The minimum Gasteiger partial charge on any atom is -0.355 e. The lowest BCUT2D eigenvalue weighted by Crippen LogP contribution is -2.38. The number of rotatable bonds is 6. The molecule has 4 rings (SSSR count). The molecule has 1 saturated heterocycles. The molecule has 172 valence electrons. The molecule has 0 saturated carbocycles. The summed E-state index contributed by atoms with van der Waals surface area (Å²) in [6.45, 7) is 5.31. The third-order valence-electron chi connectivity index (χ3n) is 6.03. The van der Waals surface area contributed by atoms with Crippen LogP contribution >= 0.6 is 0 Å². The van der Waals surface area contributed by atoms with Crippen molar-refractivity contribution in [3.05, 3.63) is 71.8 Å². The molecule has 33 heavy (non-hydrogen) atoms. The van der Waals surface area contributed by atoms with Gasteiger partial charge in [-0.05, 0) is 68.1 Å². The van der Waals surface area contributed by atoms with Gasteiger partial charge in [-0.1, -0.05) is 36.8 Å². The second kappa shape index (κ2) is 9.70. The van der Waals surface area contributed by atoms with Gasteiger partial charge >= 0.3 is 0 Å². The molecule has 0 radical (unpaired) electrons. The monoisotopic (exact) mass is 464 g/mol. The number of nitrogens with one attached hydrogen (secondary N) is 1. The zero-order valence-corrected chi connectivity index (χ0v) is 19.7. The molecule has 0 atom stereocenters. The first-order chi connectivity index (χ1) is 15.9. The second-order valence-corrected chi connectivity index (χ2v) is 10.2. The summed E-state index contributed by atoms with van der Waals surface area (Å²) < 4.78 is 25.6. The van der Waals surface area contributed by atoms with Crippen molar-refractivity contribution in [2.45, 2.75) is 43.0 Å². The average molecular weight is 465 g/mol. The molecule has 8 heteroatoms. The van der Waals surface area contributed by atoms with E-state index in [0.717, 1.165) is 17.7 Å². The molecular weight excluding hydrogens is 436 g/mol. The number of aryl methyl sites for hydroxylation is 2. The van der Waals surface area contributed by atoms with Crippen molar-refractivity contribution in [3.8, 4) is 0 Å². The molecule has 3 aromatic rings. The highest BCUT2D eigenvalue weighted by Gasteiger charge is 2.27. The molecule has 0 unspecified atom stereocenters. The summed E-state index contributed by atoms with van der Waals surface area (Å²) in [6.07, 6.45) is 2.32. The standard InChI is InChI=1S/C25H28N4O3S/c1-3-19-5-4-6-21(17-19)26-25(30)20-13-15-29(16-14-20)23-11-12-24(28-27-23)33(31,32)22-9-7-18(2)8-10-22/h4-12,17,20H,3,13-16H2,1-2H3,(H,26,30). The van der Waals surface area contributed by atoms with Crippen LogP contribution in [0.3, 0.4) is 0 Å². The van der Waals surface area contributed by atoms with Crippen LogP contribution in [0, 0.1) is 12.8 Å². The summed E-state index contributed by atoms with van der Waals surface area (Å²) in [7, 11) is -3.70. The smallest absolute Gasteiger partial charge is 0.227 e. The predicted octanol–water partition coefficient (Wildman–Crippen LogP) is 4.04. The molecule has 1 N–H and O–H groups in total. The summed E-state index contributed by atoms with van der Waals surface area (Å²) in [5.41, 5.74) is 3.01. The normalized spacial score (nSPS) is 14.8. The molecule has 7 nitrogen and oxygen atoms in total. The van der Waals surface area contributed by atoms with Crippen molar-refractivity contribution >= 4 is 27.2 Å². The molecule has 1 aliphatic heterocycles. The maximum atomic E-state index is 12.8. The Kier molecular flexibility index (Phi) is 6.74. The average Bonchev–Trinajstić information content (AvgIpc) is 2.84. The lowest BCUT2D eigenvalue weighted by molar-refractivity contribution is -0.120. The van der Waals surface area contributed by atoms with E-state index < -0.39 is 9.84 Å². The molecule has 1 aliphatic rings. The molecule has 0 bridgehead atoms. The quantitative estimate of drug-likeness (QED) is 0.592. The second-order valence-electron chi connectivity index (χ2n) is 8.35. The van der Waals surface area contributed by atoms with Gasteiger partial charge in [0.2, 0.25) is 15.7 Å². The molecule has 2 aromatic carbocycles. The van der Waals surface area contributed by atoms with Gasteiger partial charge in [0.15, 0.2) is 10.8 Å². The Morgan fingerprint density at radius 3 is 2.39 bits per heavy atom. The molecule has 0 spiro atoms. The number of hydrogen-bond acceptors (Lipinski definition) is 6. The fourth-order valence-corrected chi connectivity index (χ4v) is 5.08. The van der Waals surface area contributed by atoms with Crippen LogP contribution in [0.15, 0.2) is 70.6 Å². The number of carbonyl (C=O) groups excluding carboxylic acids is 1. The Hall–Kier alpha value is -3.26. The molecular formula is C25H28N4O3S. The van der Waals surface area contributed by atoms with Crippen molar-refractivity contribution in [1.82, 2.24) is 10.2 Å². The number of sulfone groups is 1. The molecule has 1 fully saturated rings. The van der Waals surface area contributed by atoms with Gasteiger partial charge in [-0.2, -0.15) is 0 Å². The highest BCUT2D eigenvalue weighted by atomic mass is 32.2. The van der Waals surface area contributed by atoms with Crippen molar-refractivity contribution in [3.63, 3.8) is 0 Å². The van der Waals surface area contributed by atoms with E-state index in [0.29, 0.717) is 31.7 Å². The molecule has 0 aliphatic carbocycles. The minimum absolute atomic E-state index is 0.0357. The summed E-state index contributed by atoms with van der Waals surface area (Å²) in [5, 5.41) is 11.1. The van der Waals surface area contributed by atoms with Gasteiger partial charge in [0, 0.05) is 24.7 Å². The number of nitrogens with zero attached hydrogens (tertiary/aromatic N) is 3. The zero-order chi connectivity index (χ0) is 23.4. The predicted molar refractivity (Wildman–Crippen MR) is 128 cm³/mol. The number of benzene rings is 2. The number of anilines is 2. The third kappa shape index (κ3) is 5.22. The summed E-state index contributed by atoms with van der Waals surface area (Å²) in [4.78, 5) is 14.9. The highest BCUT2D eigenvalue weighted by molar-refractivity contribution is 7.91. The van der Waals surface area contributed by atoms with Gasteiger partial charge in [0.25, 0.3) is 0 Å². The molecule has 2 heterocycles. The lowest BCUT2D eigenvalue weighted by atomic mass is 9.95. The Balaban J connectivity index is 1.37. The zero-order valence-electron chi connectivity index (χ0n) is 18.9. The number of carbonyl (C=O) groups is 1. The van der Waals surface area contributed by atoms with Crippen LogP contribution in [-0.4, -0.2) is 37.6 Å². The topological polar surface area (TPSA) is 92.3 Å². The first-order valence-corrected chi connectivity index (χ1v) is 12.7. The number of amides is 1. The number of aromatic nitrogens is 2. The van der Waals surface area contributed by atoms with E-state index in [-0.39, 0.29) is 21.7 Å². The lowest BCUT2D eigenvalue weighted by Gasteiger charge is -2.31. The van der Waals surface area contributed by atoms with Gasteiger partial charge in [0.05, 0.1) is 4.90 Å². The third-order valence-corrected chi connectivity index (χ3v) is 7.69. The van der Waals surface area contributed by atoms with Crippen LogP contribution in [-0.2, 0) is 21.1 Å². The Morgan fingerprint density at radius 2 is 1.76 bits per heavy atom. The van der Waals surface area contributed by atoms with Crippen molar-refractivity contribution in [2.75, 3.05) is 23.3 Å². The van der Waals surface area contributed by atoms with Gasteiger partial charge in [-0.15, -0.1) is 10.2 Å². The largest absolute Gasteiger partial charge is 0.355 e. The van der Waals surface area contributed by atoms with E-state index in [4.69, 9.17) is 0 Å². The number of hydrogen-bond donors (Lipinski definition) is 1. The minimum atomic E-state index is -3.70. The first-order valence-electron chi connectivity index (χ1n) is 11.2. The van der Waals surface area contributed by atoms with Crippen LogP contribution in [0.5, 0.6) is 0 Å². The molecule has 1 amide bonds. The first kappa shape index (κ1) is 22.9. The fourth-order valence-electron chi connectivity index (χ4n) is 3.95. The van der Waals surface area contributed by atoms with Crippen molar-refractivity contribution in [2.24, 2.45) is 5.92 Å². The number of piperidine rings is 1. The highest BCUT2D eigenvalue weighted by Crippen LogP contribution is 2.25. The van der Waals surface area contributed by atoms with Crippen LogP contribution < -0.4 is 10.2 Å². The van der Waals surface area contributed by atoms with E-state index in [1.807, 2.05) is 36.1 Å². The fraction of sp³-hybridized carbons (Fsp3) is 0.320. The Morgan fingerprint density at radius 1 is 1.03 bits per heavy atom. The maximum Gasteiger partial charge on any atom is 0.227 e. The van der Waals surface area contributed by atoms with Gasteiger partial charge < -0.3 is 10.2 Å². The van der Waals surface area contributed by atoms with Crippen LogP contribution in [0.1, 0.15) is 30.9 Å². The Labute approximate surface area is 194 Å². The summed E-state index contributed by atoms with van der Waals surface area (Å²) >= 11 is 0. The van der Waals surface area contributed by atoms with E-state index in [1.165, 1.54) is 11.6 Å². The molecule has 1 aromatic heterocycles. The van der Waals surface area contributed by atoms with Crippen molar-refractivity contribution in [1.29, 1.82) is 0 Å². The van der Waals surface area contributed by atoms with Crippen LogP contribution in [0.4, 0.5) is 11.5 Å². The summed E-state index contributed by atoms with van der Waals surface area (Å²) in [5.74, 6) is 0.585. The van der Waals surface area contributed by atoms with Crippen LogP contribution in [0.2, 0.25) is 0 Å². The Bertz CT molecular complexity index is 1220. The van der Waals surface area contributed by atoms with Gasteiger partial charge in [-0.25, -0.2) is 8.42 Å². The van der Waals surface area contributed by atoms with Gasteiger partial charge in [-0.3, -0.25) is 4.79 Å². The van der Waals surface area contributed by atoms with E-state index in [2.05, 4.69) is 22.4 Å².